The number of nitrogens with one attached hydrogen (secondary N) is 4. The molecule has 0 radical (unpaired) electrons. The van der Waals surface area contributed by atoms with Crippen molar-refractivity contribution >= 4 is 58.8 Å². The van der Waals surface area contributed by atoms with Gasteiger partial charge in [-0.05, 0) is 105 Å². The fourth-order valence-corrected chi connectivity index (χ4v) is 9.70. The zero-order chi connectivity index (χ0) is 57.9. The summed E-state index contributed by atoms with van der Waals surface area (Å²) in [5.41, 5.74) is 11.0. The third kappa shape index (κ3) is 17.5. The van der Waals surface area contributed by atoms with Crippen molar-refractivity contribution in [2.45, 2.75) is 118 Å². The van der Waals surface area contributed by atoms with E-state index in [4.69, 9.17) is 15.5 Å². The molecule has 424 valence electrons. The number of alkyl carbamates (subject to hydrolysis) is 1. The van der Waals surface area contributed by atoms with E-state index in [9.17, 15) is 43.2 Å². The third-order valence-electron chi connectivity index (χ3n) is 13.9. The van der Waals surface area contributed by atoms with Gasteiger partial charge in [0.05, 0.1) is 17.8 Å². The molecule has 3 atom stereocenters. The van der Waals surface area contributed by atoms with E-state index in [2.05, 4.69) is 21.3 Å². The minimum Gasteiger partial charge on any atom is -0.445 e. The molecule has 6 N–H and O–H groups in total. The van der Waals surface area contributed by atoms with Gasteiger partial charge in [0, 0.05) is 86.5 Å². The lowest BCUT2D eigenvalue weighted by Crippen LogP contribution is -2.45. The highest BCUT2D eigenvalue weighted by Gasteiger charge is 2.34. The van der Waals surface area contributed by atoms with Crippen LogP contribution in [0.1, 0.15) is 129 Å². The maximum absolute atomic E-state index is 14.6. The molecule has 19 nitrogen and oxygen atoms in total. The Morgan fingerprint density at radius 1 is 0.738 bits per heavy atom. The van der Waals surface area contributed by atoms with Gasteiger partial charge in [-0.1, -0.05) is 99.8 Å². The second-order valence-corrected chi connectivity index (χ2v) is 21.0. The number of unbranched alkanes of at least 4 members (excludes halogenated alkanes) is 2. The Kier molecular flexibility index (Phi) is 22.4. The Morgan fingerprint density at radius 3 is 2.12 bits per heavy atom. The number of aromatic nitrogens is 2. The minimum atomic E-state index is -0.861. The number of Topliss-reactive ketones (excluding diaryl/α,β-unsaturated/α-hetero) is 1. The highest BCUT2D eigenvalue weighted by molar-refractivity contribution is 6.12. The predicted molar refractivity (Wildman–Crippen MR) is 304 cm³/mol. The normalized spacial score (nSPS) is 13.3. The average Bonchev–Trinajstić information content (AvgIpc) is 3.89. The van der Waals surface area contributed by atoms with E-state index >= 15 is 0 Å². The molecular weight excluding hydrogens is 1020 g/mol. The van der Waals surface area contributed by atoms with E-state index in [1.807, 2.05) is 70.2 Å². The summed E-state index contributed by atoms with van der Waals surface area (Å²) in [6.45, 7) is 12.3. The van der Waals surface area contributed by atoms with Crippen molar-refractivity contribution in [3.8, 4) is 0 Å². The van der Waals surface area contributed by atoms with Gasteiger partial charge in [-0.25, -0.2) is 14.6 Å². The first kappa shape index (κ1) is 60.7. The largest absolute Gasteiger partial charge is 0.445 e. The summed E-state index contributed by atoms with van der Waals surface area (Å²) in [5, 5.41) is 11.0. The standard InChI is InChI=1S/C61H75N9O10/c1-39(2)54(67-51(72)19-8-7-10-33-69-52(73)28-29-53(69)74)49(71)37-46(17-13-30-63-60(62)78)57(75)65-47-26-22-43(23-27-47)38-80-61(79)64-31-14-34-70(58(76)45-24-20-41(5)21-25-45)56(40(3)4)55-48(36-44-16-12-15-42(6)35-44)59(77)68-32-11-9-18-50(68)66-55/h9,11-12,15-16,18,20-29,32,35,39-40,46,54,56H,7-8,10,13-14,17,19,30-31,33-34,36-38H2,1-6H3,(H,64,79)(H,65,75)(H,67,72)(H3,62,63,78)/t46-,54+,56?/m1/s1. The second-order valence-electron chi connectivity index (χ2n) is 21.0. The summed E-state index contributed by atoms with van der Waals surface area (Å²) in [7, 11) is 0. The van der Waals surface area contributed by atoms with E-state index < -0.39 is 36.0 Å². The van der Waals surface area contributed by atoms with Crippen molar-refractivity contribution in [3.63, 3.8) is 0 Å². The van der Waals surface area contributed by atoms with E-state index in [0.29, 0.717) is 72.2 Å². The fourth-order valence-electron chi connectivity index (χ4n) is 9.70. The zero-order valence-corrected chi connectivity index (χ0v) is 46.6. The van der Waals surface area contributed by atoms with Crippen LogP contribution < -0.4 is 32.6 Å². The number of aryl methyl sites for hydroxylation is 2. The van der Waals surface area contributed by atoms with Crippen LogP contribution in [0.4, 0.5) is 15.3 Å². The van der Waals surface area contributed by atoms with Crippen LogP contribution in [0.2, 0.25) is 0 Å². The molecule has 1 aliphatic heterocycles. The number of amides is 8. The summed E-state index contributed by atoms with van der Waals surface area (Å²) in [5.74, 6) is -3.32. The molecule has 80 heavy (non-hydrogen) atoms. The number of ether oxygens (including phenoxy) is 1. The number of imide groups is 1. The maximum Gasteiger partial charge on any atom is 0.407 e. The lowest BCUT2D eigenvalue weighted by molar-refractivity contribution is -0.137. The van der Waals surface area contributed by atoms with Crippen molar-refractivity contribution < 1.29 is 43.1 Å². The van der Waals surface area contributed by atoms with Crippen molar-refractivity contribution in [2.75, 3.05) is 31.5 Å². The topological polar surface area (TPSA) is 261 Å². The number of hydrogen-bond donors (Lipinski definition) is 5. The SMILES string of the molecule is Cc1ccc(C(=O)N(CCCNC(=O)OCc2ccc(NC(=O)[C@H](CCCNC(N)=O)CC(=O)[C@@H](NC(=O)CCCCCN3C(=O)C=CC3=O)C(C)C)cc2)C(c2nc3ccccn3c(=O)c2Cc2cccc(C)c2)C(C)C)cc1. The number of primary amides is 1. The van der Waals surface area contributed by atoms with Crippen LogP contribution in [0.3, 0.4) is 0 Å². The quantitative estimate of drug-likeness (QED) is 0.0229. The van der Waals surface area contributed by atoms with Gasteiger partial charge in [-0.2, -0.15) is 0 Å². The molecule has 0 bridgehead atoms. The monoisotopic (exact) mass is 1090 g/mol. The highest BCUT2D eigenvalue weighted by Crippen LogP contribution is 2.32. The number of fused-ring (bicyclic) bond motifs is 1. The Balaban J connectivity index is 1.05. The number of urea groups is 1. The van der Waals surface area contributed by atoms with E-state index in [1.165, 1.54) is 16.6 Å². The zero-order valence-electron chi connectivity index (χ0n) is 46.6. The molecule has 8 amide bonds. The summed E-state index contributed by atoms with van der Waals surface area (Å²) >= 11 is 0. The lowest BCUT2D eigenvalue weighted by atomic mass is 9.89. The number of benzene rings is 3. The predicted octanol–water partition coefficient (Wildman–Crippen LogP) is 7.65. The number of carbonyl (C=O) groups excluding carboxylic acids is 8. The minimum absolute atomic E-state index is 0.0922. The summed E-state index contributed by atoms with van der Waals surface area (Å²) in [4.78, 5) is 126. The molecule has 6 rings (SSSR count). The van der Waals surface area contributed by atoms with Gasteiger partial charge in [0.25, 0.3) is 23.3 Å². The van der Waals surface area contributed by atoms with E-state index in [-0.39, 0.29) is 98.9 Å². The molecule has 0 fully saturated rings. The van der Waals surface area contributed by atoms with Gasteiger partial charge < -0.3 is 36.6 Å². The third-order valence-corrected chi connectivity index (χ3v) is 13.9. The molecule has 1 unspecified atom stereocenters. The molecule has 1 aliphatic rings. The van der Waals surface area contributed by atoms with Gasteiger partial charge in [0.2, 0.25) is 11.8 Å². The molecule has 0 aliphatic carbocycles. The van der Waals surface area contributed by atoms with Crippen molar-refractivity contribution in [1.82, 2.24) is 35.1 Å². The van der Waals surface area contributed by atoms with Gasteiger partial charge >= 0.3 is 12.1 Å². The van der Waals surface area contributed by atoms with Crippen LogP contribution in [0.5, 0.6) is 0 Å². The van der Waals surface area contributed by atoms with E-state index in [1.54, 1.807) is 73.5 Å². The molecule has 0 saturated carbocycles. The van der Waals surface area contributed by atoms with Crippen LogP contribution in [-0.2, 0) is 41.7 Å². The number of carbonyl (C=O) groups is 8. The van der Waals surface area contributed by atoms with Crippen molar-refractivity contribution in [1.29, 1.82) is 0 Å². The Hall–Kier alpha value is -8.48. The second kappa shape index (κ2) is 29.5. The number of rotatable bonds is 29. The number of nitrogens with zero attached hydrogens (tertiary/aromatic N) is 4. The van der Waals surface area contributed by atoms with Crippen LogP contribution >= 0.6 is 0 Å². The highest BCUT2D eigenvalue weighted by atomic mass is 16.5. The first-order valence-electron chi connectivity index (χ1n) is 27.4. The molecule has 3 heterocycles. The Labute approximate surface area is 467 Å². The molecule has 0 saturated heterocycles. The molecule has 19 heteroatoms. The van der Waals surface area contributed by atoms with Crippen LogP contribution in [0, 0.1) is 31.6 Å². The molecule has 0 spiro atoms. The van der Waals surface area contributed by atoms with Crippen molar-refractivity contribution in [2.24, 2.45) is 23.5 Å². The fraction of sp³-hybridized carbons (Fsp3) is 0.410. The van der Waals surface area contributed by atoms with Gasteiger partial charge in [-0.3, -0.25) is 42.9 Å². The molecule has 3 aromatic carbocycles. The van der Waals surface area contributed by atoms with E-state index in [0.717, 1.165) is 21.6 Å². The summed E-state index contributed by atoms with van der Waals surface area (Å²) in [6, 6.07) is 25.2. The van der Waals surface area contributed by atoms with Crippen LogP contribution in [-0.4, -0.2) is 98.8 Å². The number of anilines is 1. The van der Waals surface area contributed by atoms with Gasteiger partial charge in [0.15, 0.2) is 5.78 Å². The number of nitrogens with two attached hydrogens (primary N) is 1. The summed E-state index contributed by atoms with van der Waals surface area (Å²) < 4.78 is 7.09. The first-order chi connectivity index (χ1) is 38.3. The van der Waals surface area contributed by atoms with Crippen LogP contribution in [0.15, 0.2) is 114 Å². The smallest absolute Gasteiger partial charge is 0.407 e. The summed E-state index contributed by atoms with van der Waals surface area (Å²) in [6.07, 6.45) is 6.27. The first-order valence-corrected chi connectivity index (χ1v) is 27.4. The number of ketones is 1. The molecule has 2 aromatic heterocycles. The molecular formula is C61H75N9O10. The van der Waals surface area contributed by atoms with Crippen molar-refractivity contribution in [3.05, 3.63) is 159 Å². The van der Waals surface area contributed by atoms with Crippen LogP contribution in [0.25, 0.3) is 5.65 Å². The average molecular weight is 1090 g/mol. The Morgan fingerprint density at radius 2 is 1.45 bits per heavy atom. The Bertz CT molecular complexity index is 3080. The van der Waals surface area contributed by atoms with Gasteiger partial charge in [-0.15, -0.1) is 0 Å². The lowest BCUT2D eigenvalue weighted by Gasteiger charge is -2.35. The number of pyridine rings is 1. The molecule has 5 aromatic rings. The maximum atomic E-state index is 14.6. The number of hydrogen-bond acceptors (Lipinski definition) is 11. The van der Waals surface area contributed by atoms with Gasteiger partial charge in [0.1, 0.15) is 12.3 Å².